The molecule has 26 heavy (non-hydrogen) atoms. The van der Waals surface area contributed by atoms with E-state index in [2.05, 4.69) is 30.2 Å². The molecule has 1 amide bonds. The Morgan fingerprint density at radius 1 is 1.31 bits per heavy atom. The summed E-state index contributed by atoms with van der Waals surface area (Å²) in [5.41, 5.74) is 2.52. The fraction of sp³-hybridized carbons (Fsp3) is 0.278. The van der Waals surface area contributed by atoms with Gasteiger partial charge in [0.25, 0.3) is 5.91 Å². The molecule has 4 rings (SSSR count). The minimum atomic E-state index is -0.0270. The number of amides is 1. The summed E-state index contributed by atoms with van der Waals surface area (Å²) in [5, 5.41) is 3.39. The van der Waals surface area contributed by atoms with Gasteiger partial charge in [0.05, 0.1) is 23.8 Å². The topological polar surface area (TPSA) is 99.7 Å². The number of H-pyrrole nitrogens is 1. The van der Waals surface area contributed by atoms with Crippen molar-refractivity contribution in [1.82, 2.24) is 29.8 Å². The van der Waals surface area contributed by atoms with Gasteiger partial charge in [-0.3, -0.25) is 9.78 Å². The standard InChI is InChI=1S/C18H19N7O/c1-12(16-20-6-7-21-16)24-17-14-4-8-25(10-15(14)22-11-23-17)18(26)13-3-2-5-19-9-13/h2-3,5-7,9,11-12H,4,8,10H2,1H3,(H,20,21)(H,22,23,24). The van der Waals surface area contributed by atoms with Gasteiger partial charge in [0.15, 0.2) is 0 Å². The normalized spacial score (nSPS) is 14.6. The Labute approximate surface area is 150 Å². The van der Waals surface area contributed by atoms with Gasteiger partial charge in [-0.25, -0.2) is 15.0 Å². The third kappa shape index (κ3) is 3.13. The Balaban J connectivity index is 1.53. The highest BCUT2D eigenvalue weighted by molar-refractivity contribution is 5.94. The molecule has 0 radical (unpaired) electrons. The number of pyridine rings is 1. The third-order valence-corrected chi connectivity index (χ3v) is 4.49. The Morgan fingerprint density at radius 2 is 2.23 bits per heavy atom. The van der Waals surface area contributed by atoms with Crippen molar-refractivity contribution in [3.05, 3.63) is 65.9 Å². The number of aromatic amines is 1. The van der Waals surface area contributed by atoms with Gasteiger partial charge in [-0.15, -0.1) is 0 Å². The Hall–Kier alpha value is -3.29. The minimum absolute atomic E-state index is 0.000875. The van der Waals surface area contributed by atoms with Gasteiger partial charge in [-0.2, -0.15) is 0 Å². The van der Waals surface area contributed by atoms with Crippen molar-refractivity contribution in [2.24, 2.45) is 0 Å². The molecule has 4 heterocycles. The van der Waals surface area contributed by atoms with Gasteiger partial charge in [0, 0.05) is 36.9 Å². The van der Waals surface area contributed by atoms with E-state index in [1.54, 1.807) is 41.8 Å². The van der Waals surface area contributed by atoms with Crippen LogP contribution in [0.4, 0.5) is 5.82 Å². The number of hydrogen-bond acceptors (Lipinski definition) is 6. The number of hydrogen-bond donors (Lipinski definition) is 2. The fourth-order valence-electron chi connectivity index (χ4n) is 3.11. The van der Waals surface area contributed by atoms with Crippen molar-refractivity contribution in [1.29, 1.82) is 0 Å². The molecule has 8 heteroatoms. The summed E-state index contributed by atoms with van der Waals surface area (Å²) in [6.07, 6.45) is 9.02. The maximum Gasteiger partial charge on any atom is 0.255 e. The van der Waals surface area contributed by atoms with Crippen LogP contribution in [0.5, 0.6) is 0 Å². The van der Waals surface area contributed by atoms with E-state index in [4.69, 9.17) is 0 Å². The summed E-state index contributed by atoms with van der Waals surface area (Å²) in [6, 6.07) is 3.55. The van der Waals surface area contributed by atoms with Crippen molar-refractivity contribution in [2.45, 2.75) is 25.9 Å². The van der Waals surface area contributed by atoms with Gasteiger partial charge >= 0.3 is 0 Å². The molecule has 0 saturated heterocycles. The minimum Gasteiger partial charge on any atom is -0.360 e. The number of rotatable bonds is 4. The second kappa shape index (κ2) is 6.91. The molecule has 132 valence electrons. The van der Waals surface area contributed by atoms with E-state index in [0.717, 1.165) is 22.9 Å². The van der Waals surface area contributed by atoms with Crippen molar-refractivity contribution >= 4 is 11.7 Å². The van der Waals surface area contributed by atoms with Crippen molar-refractivity contribution in [3.63, 3.8) is 0 Å². The smallest absolute Gasteiger partial charge is 0.255 e. The summed E-state index contributed by atoms with van der Waals surface area (Å²) < 4.78 is 0. The van der Waals surface area contributed by atoms with Crippen LogP contribution in [0.15, 0.2) is 43.2 Å². The first kappa shape index (κ1) is 16.2. The highest BCUT2D eigenvalue weighted by Gasteiger charge is 2.25. The summed E-state index contributed by atoms with van der Waals surface area (Å²) in [7, 11) is 0. The lowest BCUT2D eigenvalue weighted by Gasteiger charge is -2.29. The lowest BCUT2D eigenvalue weighted by molar-refractivity contribution is 0.0731. The van der Waals surface area contributed by atoms with Crippen LogP contribution in [0, 0.1) is 0 Å². The predicted octanol–water partition coefficient (Wildman–Crippen LogP) is 1.97. The average molecular weight is 349 g/mol. The molecule has 3 aromatic rings. The number of anilines is 1. The number of imidazole rings is 1. The molecule has 2 N–H and O–H groups in total. The second-order valence-corrected chi connectivity index (χ2v) is 6.21. The van der Waals surface area contributed by atoms with E-state index in [1.165, 1.54) is 6.33 Å². The molecular formula is C18H19N7O. The highest BCUT2D eigenvalue weighted by atomic mass is 16.2. The van der Waals surface area contributed by atoms with Crippen molar-refractivity contribution < 1.29 is 4.79 Å². The number of carbonyl (C=O) groups excluding carboxylic acids is 1. The van der Waals surface area contributed by atoms with Crippen LogP contribution in [0.25, 0.3) is 0 Å². The van der Waals surface area contributed by atoms with Crippen LogP contribution in [0.1, 0.15) is 40.4 Å². The van der Waals surface area contributed by atoms with Gasteiger partial charge in [0.1, 0.15) is 18.0 Å². The zero-order valence-electron chi connectivity index (χ0n) is 14.4. The molecule has 1 atom stereocenters. The van der Waals surface area contributed by atoms with Crippen LogP contribution in [-0.4, -0.2) is 42.3 Å². The number of nitrogens with one attached hydrogen (secondary N) is 2. The second-order valence-electron chi connectivity index (χ2n) is 6.21. The largest absolute Gasteiger partial charge is 0.360 e. The van der Waals surface area contributed by atoms with Gasteiger partial charge in [0.2, 0.25) is 0 Å². The predicted molar refractivity (Wildman–Crippen MR) is 95.3 cm³/mol. The molecule has 1 aliphatic heterocycles. The van der Waals surface area contributed by atoms with Crippen molar-refractivity contribution in [3.8, 4) is 0 Å². The highest BCUT2D eigenvalue weighted by Crippen LogP contribution is 2.26. The quantitative estimate of drug-likeness (QED) is 0.747. The first-order chi connectivity index (χ1) is 12.7. The lowest BCUT2D eigenvalue weighted by Crippen LogP contribution is -2.37. The molecule has 8 nitrogen and oxygen atoms in total. The molecule has 3 aromatic heterocycles. The summed E-state index contributed by atoms with van der Waals surface area (Å²) in [5.74, 6) is 1.62. The van der Waals surface area contributed by atoms with Crippen molar-refractivity contribution in [2.75, 3.05) is 11.9 Å². The number of nitrogens with zero attached hydrogens (tertiary/aromatic N) is 5. The van der Waals surface area contributed by atoms with Crippen LogP contribution >= 0.6 is 0 Å². The Bertz CT molecular complexity index is 895. The van der Waals surface area contributed by atoms with E-state index in [9.17, 15) is 4.79 Å². The molecule has 0 spiro atoms. The SMILES string of the molecule is CC(Nc1ncnc2c1CCN(C(=O)c1cccnc1)C2)c1ncc[nH]1. The molecular weight excluding hydrogens is 330 g/mol. The number of fused-ring (bicyclic) bond motifs is 1. The van der Waals surface area contributed by atoms with Gasteiger partial charge in [-0.05, 0) is 25.5 Å². The zero-order valence-corrected chi connectivity index (χ0v) is 14.4. The maximum absolute atomic E-state index is 12.6. The molecule has 0 saturated carbocycles. The number of carbonyl (C=O) groups is 1. The lowest BCUT2D eigenvalue weighted by atomic mass is 10.0. The first-order valence-corrected chi connectivity index (χ1v) is 8.50. The van der Waals surface area contributed by atoms with Gasteiger partial charge in [-0.1, -0.05) is 0 Å². The van der Waals surface area contributed by atoms with Crippen LogP contribution < -0.4 is 5.32 Å². The van der Waals surface area contributed by atoms with E-state index in [1.807, 2.05) is 6.92 Å². The maximum atomic E-state index is 12.6. The Kier molecular flexibility index (Phi) is 4.30. The van der Waals surface area contributed by atoms with E-state index >= 15 is 0 Å². The molecule has 0 aliphatic carbocycles. The van der Waals surface area contributed by atoms with Gasteiger partial charge < -0.3 is 15.2 Å². The molecule has 0 fully saturated rings. The molecule has 1 unspecified atom stereocenters. The van der Waals surface area contributed by atoms with E-state index in [0.29, 0.717) is 25.1 Å². The fourth-order valence-corrected chi connectivity index (χ4v) is 3.11. The first-order valence-electron chi connectivity index (χ1n) is 8.50. The monoisotopic (exact) mass is 349 g/mol. The molecule has 0 bridgehead atoms. The van der Waals surface area contributed by atoms with Crippen LogP contribution in [0.2, 0.25) is 0 Å². The third-order valence-electron chi connectivity index (χ3n) is 4.49. The summed E-state index contributed by atoms with van der Waals surface area (Å²) >= 11 is 0. The zero-order chi connectivity index (χ0) is 17.9. The number of aromatic nitrogens is 5. The molecule has 0 aromatic carbocycles. The average Bonchev–Trinajstić information content (AvgIpc) is 3.23. The summed E-state index contributed by atoms with van der Waals surface area (Å²) in [6.45, 7) is 3.11. The van der Waals surface area contributed by atoms with Crippen LogP contribution in [-0.2, 0) is 13.0 Å². The van der Waals surface area contributed by atoms with Crippen LogP contribution in [0.3, 0.4) is 0 Å². The van der Waals surface area contributed by atoms with E-state index in [-0.39, 0.29) is 11.9 Å². The molecule has 1 aliphatic rings. The summed E-state index contributed by atoms with van der Waals surface area (Å²) in [4.78, 5) is 34.6. The van der Waals surface area contributed by atoms with E-state index < -0.39 is 0 Å². The Morgan fingerprint density at radius 3 is 3.00 bits per heavy atom.